The van der Waals surface area contributed by atoms with E-state index in [0.717, 1.165) is 67.1 Å². The lowest BCUT2D eigenvalue weighted by atomic mass is 9.94. The van der Waals surface area contributed by atoms with E-state index in [1.165, 1.54) is 49.4 Å². The molecule has 0 saturated heterocycles. The number of pyridine rings is 1. The molecule has 0 radical (unpaired) electrons. The molecule has 0 unspecified atom stereocenters. The fourth-order valence-electron chi connectivity index (χ4n) is 9.13. The number of aryl methyl sites for hydroxylation is 3. The smallest absolute Gasteiger partial charge is 0.147 e. The topological polar surface area (TPSA) is 51.4 Å². The Morgan fingerprint density at radius 1 is 0.500 bits per heavy atom. The van der Waals surface area contributed by atoms with Crippen molar-refractivity contribution >= 4 is 54.6 Å². The summed E-state index contributed by atoms with van der Waals surface area (Å²) in [7, 11) is 0. The van der Waals surface area contributed by atoms with Crippen molar-refractivity contribution < 1.29 is 0 Å². The number of imidazole rings is 1. The van der Waals surface area contributed by atoms with Crippen LogP contribution in [0.25, 0.3) is 99.8 Å². The van der Waals surface area contributed by atoms with Crippen molar-refractivity contribution in [3.63, 3.8) is 0 Å². The molecule has 0 atom stereocenters. The summed E-state index contributed by atoms with van der Waals surface area (Å²) in [6.45, 7) is 6.57. The molecule has 5 nitrogen and oxygen atoms in total. The van der Waals surface area contributed by atoms with Gasteiger partial charge in [-0.2, -0.15) is 0 Å². The highest BCUT2D eigenvalue weighted by atomic mass is 15.1. The van der Waals surface area contributed by atoms with Gasteiger partial charge in [0.1, 0.15) is 11.6 Å². The zero-order chi connectivity index (χ0) is 37.5. The first-order chi connectivity index (χ1) is 27.5. The van der Waals surface area contributed by atoms with E-state index in [2.05, 4.69) is 193 Å². The number of fused-ring (bicyclic) bond motifs is 7. The van der Waals surface area contributed by atoms with Crippen LogP contribution in [0.15, 0.2) is 164 Å². The van der Waals surface area contributed by atoms with Gasteiger partial charge in [-0.05, 0) is 103 Å². The van der Waals surface area contributed by atoms with Crippen molar-refractivity contribution in [3.8, 4) is 45.1 Å². The summed E-state index contributed by atoms with van der Waals surface area (Å²) in [6, 6.07) is 56.5. The second kappa shape index (κ2) is 12.4. The molecule has 56 heavy (non-hydrogen) atoms. The quantitative estimate of drug-likeness (QED) is 0.193. The molecule has 0 fully saturated rings. The van der Waals surface area contributed by atoms with Crippen LogP contribution in [0.1, 0.15) is 16.7 Å². The van der Waals surface area contributed by atoms with Gasteiger partial charge in [0.25, 0.3) is 0 Å². The van der Waals surface area contributed by atoms with E-state index < -0.39 is 0 Å². The average molecular weight is 720 g/mol. The van der Waals surface area contributed by atoms with Gasteiger partial charge in [-0.1, -0.05) is 109 Å². The molecule has 0 saturated carbocycles. The molecule has 4 heterocycles. The molecule has 0 aliphatic carbocycles. The first-order valence-corrected chi connectivity index (χ1v) is 19.2. The minimum atomic E-state index is 0.894. The van der Waals surface area contributed by atoms with E-state index in [1.54, 1.807) is 0 Å². The number of nitrogens with zero attached hydrogens (tertiary/aromatic N) is 4. The minimum Gasteiger partial charge on any atom is -0.354 e. The van der Waals surface area contributed by atoms with Crippen LogP contribution in [0, 0.1) is 20.8 Å². The maximum atomic E-state index is 5.55. The van der Waals surface area contributed by atoms with Crippen LogP contribution in [0.3, 0.4) is 0 Å². The van der Waals surface area contributed by atoms with Gasteiger partial charge in [0.15, 0.2) is 0 Å². The van der Waals surface area contributed by atoms with Crippen LogP contribution in [0.4, 0.5) is 0 Å². The van der Waals surface area contributed by atoms with Crippen LogP contribution >= 0.6 is 0 Å². The third kappa shape index (κ3) is 4.87. The molecular weight excluding hydrogens is 683 g/mol. The van der Waals surface area contributed by atoms with Crippen molar-refractivity contribution in [2.24, 2.45) is 0 Å². The zero-order valence-electron chi connectivity index (χ0n) is 31.4. The Labute approximate surface area is 324 Å². The van der Waals surface area contributed by atoms with E-state index in [4.69, 9.17) is 9.97 Å². The molecule has 0 aliphatic heterocycles. The number of hydrogen-bond donors (Lipinski definition) is 1. The van der Waals surface area contributed by atoms with Gasteiger partial charge < -0.3 is 4.98 Å². The fraction of sp³-hybridized carbons (Fsp3) is 0.0588. The molecule has 4 aromatic heterocycles. The Bertz CT molecular complexity index is 3320. The highest BCUT2D eigenvalue weighted by Gasteiger charge is 2.22. The van der Waals surface area contributed by atoms with E-state index in [1.807, 2.05) is 6.20 Å². The third-order valence-corrected chi connectivity index (χ3v) is 11.4. The Hall–Kier alpha value is -7.24. The van der Waals surface area contributed by atoms with Crippen LogP contribution in [0.2, 0.25) is 0 Å². The Morgan fingerprint density at radius 3 is 2.05 bits per heavy atom. The van der Waals surface area contributed by atoms with Gasteiger partial charge in [0.05, 0.1) is 27.6 Å². The standard InChI is InChI=1S/C51H37N5/c1-31-27-32(2)48(33(3)28-31)35-25-26-52-47(30-35)56-44-21-10-8-16-39(44)40-24-23-34(29-46(40)56)37-17-12-22-45-50(37)54-51(55(45)36-13-5-4-6-14-36)42-19-11-18-41-38-15-7-9-20-43(38)53-49(41)42/h4-30,53H,1-3H3. The number of hydrogen-bond acceptors (Lipinski definition) is 2. The Balaban J connectivity index is 1.15. The second-order valence-corrected chi connectivity index (χ2v) is 14.9. The first-order valence-electron chi connectivity index (χ1n) is 19.2. The molecular formula is C51H37N5. The lowest BCUT2D eigenvalue weighted by Gasteiger charge is -2.14. The number of H-pyrrole nitrogens is 1. The summed E-state index contributed by atoms with van der Waals surface area (Å²) in [5.74, 6) is 1.79. The SMILES string of the molecule is Cc1cc(C)c(-c2ccnc(-n3c4ccccc4c4ccc(-c5cccc6c5nc(-c5cccc7c5[nH]c5ccccc57)n6-c5ccccc5)cc43)c2)c(C)c1. The lowest BCUT2D eigenvalue weighted by molar-refractivity contribution is 1.08. The van der Waals surface area contributed by atoms with Crippen molar-refractivity contribution in [2.75, 3.05) is 0 Å². The highest BCUT2D eigenvalue weighted by molar-refractivity contribution is 6.13. The minimum absolute atomic E-state index is 0.894. The van der Waals surface area contributed by atoms with Crippen molar-refractivity contribution in [1.29, 1.82) is 0 Å². The summed E-state index contributed by atoms with van der Waals surface area (Å²) < 4.78 is 4.63. The van der Waals surface area contributed by atoms with Crippen molar-refractivity contribution in [1.82, 2.24) is 24.1 Å². The molecule has 7 aromatic carbocycles. The molecule has 11 rings (SSSR count). The molecule has 266 valence electrons. The van der Waals surface area contributed by atoms with E-state index in [0.29, 0.717) is 0 Å². The van der Waals surface area contributed by atoms with Gasteiger partial charge in [-0.15, -0.1) is 0 Å². The predicted molar refractivity (Wildman–Crippen MR) is 233 cm³/mol. The summed E-state index contributed by atoms with van der Waals surface area (Å²) in [5, 5.41) is 4.78. The van der Waals surface area contributed by atoms with E-state index in [-0.39, 0.29) is 0 Å². The Kier molecular flexibility index (Phi) is 7.13. The van der Waals surface area contributed by atoms with Crippen LogP contribution < -0.4 is 0 Å². The largest absolute Gasteiger partial charge is 0.354 e. The molecule has 0 bridgehead atoms. The van der Waals surface area contributed by atoms with E-state index >= 15 is 0 Å². The van der Waals surface area contributed by atoms with Crippen LogP contribution in [0.5, 0.6) is 0 Å². The van der Waals surface area contributed by atoms with Crippen LogP contribution in [-0.2, 0) is 0 Å². The molecule has 11 aromatic rings. The fourth-order valence-corrected chi connectivity index (χ4v) is 9.13. The monoisotopic (exact) mass is 719 g/mol. The number of nitrogens with one attached hydrogen (secondary N) is 1. The van der Waals surface area contributed by atoms with Gasteiger partial charge >= 0.3 is 0 Å². The summed E-state index contributed by atoms with van der Waals surface area (Å²) >= 11 is 0. The van der Waals surface area contributed by atoms with Gasteiger partial charge in [-0.25, -0.2) is 9.97 Å². The number of aromatic amines is 1. The number of benzene rings is 7. The lowest BCUT2D eigenvalue weighted by Crippen LogP contribution is -1.99. The van der Waals surface area contributed by atoms with Crippen LogP contribution in [-0.4, -0.2) is 24.1 Å². The number of aromatic nitrogens is 5. The van der Waals surface area contributed by atoms with Gasteiger partial charge in [-0.3, -0.25) is 9.13 Å². The molecule has 0 aliphatic rings. The van der Waals surface area contributed by atoms with Gasteiger partial charge in [0.2, 0.25) is 0 Å². The van der Waals surface area contributed by atoms with Crippen molar-refractivity contribution in [3.05, 3.63) is 181 Å². The first kappa shape index (κ1) is 32.2. The predicted octanol–water partition coefficient (Wildman–Crippen LogP) is 13.1. The van der Waals surface area contributed by atoms with Crippen molar-refractivity contribution in [2.45, 2.75) is 20.8 Å². The van der Waals surface area contributed by atoms with E-state index in [9.17, 15) is 0 Å². The molecule has 0 spiro atoms. The highest BCUT2D eigenvalue weighted by Crippen LogP contribution is 2.41. The molecule has 5 heteroatoms. The number of rotatable bonds is 5. The zero-order valence-corrected chi connectivity index (χ0v) is 31.4. The molecule has 1 N–H and O–H groups in total. The maximum Gasteiger partial charge on any atom is 0.147 e. The maximum absolute atomic E-state index is 5.55. The summed E-state index contributed by atoms with van der Waals surface area (Å²) in [4.78, 5) is 14.3. The third-order valence-electron chi connectivity index (χ3n) is 11.4. The average Bonchev–Trinajstić information content (AvgIpc) is 3.90. The van der Waals surface area contributed by atoms with Gasteiger partial charge in [0, 0.05) is 50.1 Å². The second-order valence-electron chi connectivity index (χ2n) is 14.9. The normalized spacial score (nSPS) is 11.8. The molecule has 0 amide bonds. The summed E-state index contributed by atoms with van der Waals surface area (Å²) in [5.41, 5.74) is 17.0. The number of para-hydroxylation sites is 5. The Morgan fingerprint density at radius 2 is 1.20 bits per heavy atom. The summed E-state index contributed by atoms with van der Waals surface area (Å²) in [6.07, 6.45) is 1.94.